The summed E-state index contributed by atoms with van der Waals surface area (Å²) in [6.45, 7) is 6.76. The maximum atomic E-state index is 12.9. The molecule has 0 fully saturated rings. The van der Waals surface area contributed by atoms with E-state index in [2.05, 4.69) is 10.3 Å². The number of nitrogens with one attached hydrogen (secondary N) is 1. The molecule has 0 aliphatic carbocycles. The molecular formula is C24H26N4O4S. The molecule has 0 unspecified atom stereocenters. The summed E-state index contributed by atoms with van der Waals surface area (Å²) in [5, 5.41) is 3.16. The van der Waals surface area contributed by atoms with E-state index in [0.29, 0.717) is 31.2 Å². The normalized spacial score (nSPS) is 13.4. The van der Waals surface area contributed by atoms with Crippen molar-refractivity contribution >= 4 is 28.5 Å². The van der Waals surface area contributed by atoms with Crippen molar-refractivity contribution in [1.82, 2.24) is 14.5 Å². The highest BCUT2D eigenvalue weighted by molar-refractivity contribution is 7.15. The van der Waals surface area contributed by atoms with E-state index >= 15 is 0 Å². The van der Waals surface area contributed by atoms with Gasteiger partial charge in [0, 0.05) is 24.0 Å². The molecule has 2 amide bonds. The average molecular weight is 467 g/mol. The van der Waals surface area contributed by atoms with E-state index in [1.54, 1.807) is 17.2 Å². The van der Waals surface area contributed by atoms with Gasteiger partial charge in [0.25, 0.3) is 11.5 Å². The standard InChI is InChI=1S/C24H26N4O4S/c1-24(2,3)32-23(31)28-13-11-18-19(15-28)33-22(25-18)26-20(29)17-10-7-12-27(21(17)30)14-16-8-5-4-6-9-16/h4-10,12H,11,13-15H2,1-3H3,(H,25,26,29). The Morgan fingerprint density at radius 2 is 1.91 bits per heavy atom. The van der Waals surface area contributed by atoms with Crippen molar-refractivity contribution < 1.29 is 14.3 Å². The molecular weight excluding hydrogens is 440 g/mol. The zero-order chi connectivity index (χ0) is 23.6. The minimum Gasteiger partial charge on any atom is -0.444 e. The lowest BCUT2D eigenvalue weighted by Crippen LogP contribution is -2.39. The number of amides is 2. The number of rotatable bonds is 4. The first-order valence-corrected chi connectivity index (χ1v) is 11.5. The van der Waals surface area contributed by atoms with Gasteiger partial charge in [0.2, 0.25) is 0 Å². The number of pyridine rings is 1. The summed E-state index contributed by atoms with van der Waals surface area (Å²) >= 11 is 1.31. The number of nitrogens with zero attached hydrogens (tertiary/aromatic N) is 3. The average Bonchev–Trinajstić information content (AvgIpc) is 3.16. The predicted molar refractivity (Wildman–Crippen MR) is 127 cm³/mol. The summed E-state index contributed by atoms with van der Waals surface area (Å²) in [7, 11) is 0. The van der Waals surface area contributed by atoms with Crippen molar-refractivity contribution in [3.8, 4) is 0 Å². The van der Waals surface area contributed by atoms with Crippen molar-refractivity contribution in [1.29, 1.82) is 0 Å². The fraction of sp³-hybridized carbons (Fsp3) is 0.333. The van der Waals surface area contributed by atoms with Crippen LogP contribution in [0.1, 0.15) is 47.3 Å². The van der Waals surface area contributed by atoms with E-state index in [-0.39, 0.29) is 17.2 Å². The number of fused-ring (bicyclic) bond motifs is 1. The van der Waals surface area contributed by atoms with Crippen LogP contribution in [0.3, 0.4) is 0 Å². The van der Waals surface area contributed by atoms with E-state index in [1.807, 2.05) is 51.1 Å². The predicted octanol–water partition coefficient (Wildman–Crippen LogP) is 3.90. The maximum absolute atomic E-state index is 12.9. The van der Waals surface area contributed by atoms with Crippen molar-refractivity contribution in [3.05, 3.63) is 80.7 Å². The largest absolute Gasteiger partial charge is 0.444 e. The maximum Gasteiger partial charge on any atom is 0.410 e. The van der Waals surface area contributed by atoms with Gasteiger partial charge in [-0.05, 0) is 38.5 Å². The van der Waals surface area contributed by atoms with Gasteiger partial charge in [-0.2, -0.15) is 0 Å². The first-order chi connectivity index (χ1) is 15.7. The number of carbonyl (C=O) groups excluding carboxylic acids is 2. The van der Waals surface area contributed by atoms with Gasteiger partial charge in [0.05, 0.1) is 18.8 Å². The molecule has 1 aliphatic heterocycles. The van der Waals surface area contributed by atoms with E-state index < -0.39 is 11.5 Å². The lowest BCUT2D eigenvalue weighted by molar-refractivity contribution is 0.0225. The SMILES string of the molecule is CC(C)(C)OC(=O)N1CCc2nc(NC(=O)c3cccn(Cc4ccccc4)c3=O)sc2C1. The molecule has 0 saturated carbocycles. The highest BCUT2D eigenvalue weighted by Crippen LogP contribution is 2.29. The molecule has 8 nitrogen and oxygen atoms in total. The fourth-order valence-corrected chi connectivity index (χ4v) is 4.53. The van der Waals surface area contributed by atoms with Gasteiger partial charge in [0.15, 0.2) is 5.13 Å². The van der Waals surface area contributed by atoms with Crippen LogP contribution in [0.15, 0.2) is 53.5 Å². The Morgan fingerprint density at radius 3 is 2.64 bits per heavy atom. The van der Waals surface area contributed by atoms with Gasteiger partial charge in [0.1, 0.15) is 11.2 Å². The second kappa shape index (κ2) is 9.19. The van der Waals surface area contributed by atoms with Crippen molar-refractivity contribution in [3.63, 3.8) is 0 Å². The number of aromatic nitrogens is 2. The Hall–Kier alpha value is -3.46. The summed E-state index contributed by atoms with van der Waals surface area (Å²) in [4.78, 5) is 45.1. The number of hydrogen-bond donors (Lipinski definition) is 1. The Bertz CT molecular complexity index is 1230. The van der Waals surface area contributed by atoms with Crippen molar-refractivity contribution in [2.45, 2.75) is 45.9 Å². The summed E-state index contributed by atoms with van der Waals surface area (Å²) in [6, 6.07) is 12.8. The minimum absolute atomic E-state index is 0.0528. The third-order valence-corrected chi connectivity index (χ3v) is 6.06. The van der Waals surface area contributed by atoms with Crippen LogP contribution in [0.2, 0.25) is 0 Å². The van der Waals surface area contributed by atoms with Gasteiger partial charge in [-0.25, -0.2) is 9.78 Å². The quantitative estimate of drug-likeness (QED) is 0.630. The topological polar surface area (TPSA) is 93.5 Å². The van der Waals surface area contributed by atoms with Gasteiger partial charge in [-0.3, -0.25) is 14.9 Å². The summed E-state index contributed by atoms with van der Waals surface area (Å²) in [6.07, 6.45) is 1.88. The van der Waals surface area contributed by atoms with Gasteiger partial charge in [-0.15, -0.1) is 0 Å². The zero-order valence-electron chi connectivity index (χ0n) is 18.8. The molecule has 2 aromatic heterocycles. The van der Waals surface area contributed by atoms with E-state index in [4.69, 9.17) is 4.74 Å². The van der Waals surface area contributed by atoms with E-state index in [1.165, 1.54) is 22.0 Å². The Labute approximate surface area is 195 Å². The highest BCUT2D eigenvalue weighted by atomic mass is 32.1. The lowest BCUT2D eigenvalue weighted by atomic mass is 10.2. The van der Waals surface area contributed by atoms with Gasteiger partial charge < -0.3 is 14.2 Å². The number of ether oxygens (including phenoxy) is 1. The molecule has 0 spiro atoms. The number of carbonyl (C=O) groups is 2. The van der Waals surface area contributed by atoms with Crippen molar-refractivity contribution in [2.75, 3.05) is 11.9 Å². The highest BCUT2D eigenvalue weighted by Gasteiger charge is 2.28. The van der Waals surface area contributed by atoms with Crippen molar-refractivity contribution in [2.24, 2.45) is 0 Å². The summed E-state index contributed by atoms with van der Waals surface area (Å²) in [5.74, 6) is -0.502. The van der Waals surface area contributed by atoms with E-state index in [9.17, 15) is 14.4 Å². The Balaban J connectivity index is 1.46. The monoisotopic (exact) mass is 466 g/mol. The minimum atomic E-state index is -0.562. The van der Waals surface area contributed by atoms with Crippen LogP contribution in [0.5, 0.6) is 0 Å². The summed E-state index contributed by atoms with van der Waals surface area (Å²) in [5.41, 5.74) is 0.949. The van der Waals surface area contributed by atoms with E-state index in [0.717, 1.165) is 16.1 Å². The Morgan fingerprint density at radius 1 is 1.15 bits per heavy atom. The third-order valence-electron chi connectivity index (χ3n) is 5.06. The number of hydrogen-bond acceptors (Lipinski definition) is 6. The second-order valence-electron chi connectivity index (χ2n) is 8.84. The first kappa shape index (κ1) is 22.7. The molecule has 4 rings (SSSR count). The molecule has 172 valence electrons. The third kappa shape index (κ3) is 5.48. The molecule has 0 saturated heterocycles. The molecule has 1 aliphatic rings. The molecule has 33 heavy (non-hydrogen) atoms. The zero-order valence-corrected chi connectivity index (χ0v) is 19.6. The van der Waals surface area contributed by atoms with Crippen LogP contribution in [-0.2, 0) is 24.2 Å². The molecule has 1 N–H and O–H groups in total. The van der Waals surface area contributed by atoms with Crippen LogP contribution in [0.4, 0.5) is 9.93 Å². The molecule has 9 heteroatoms. The number of anilines is 1. The molecule has 0 atom stereocenters. The molecule has 0 bridgehead atoms. The summed E-state index contributed by atoms with van der Waals surface area (Å²) < 4.78 is 6.96. The first-order valence-electron chi connectivity index (χ1n) is 10.7. The molecule has 1 aromatic carbocycles. The van der Waals surface area contributed by atoms with Crippen LogP contribution in [-0.4, -0.2) is 38.6 Å². The van der Waals surface area contributed by atoms with Crippen LogP contribution in [0.25, 0.3) is 0 Å². The smallest absolute Gasteiger partial charge is 0.410 e. The second-order valence-corrected chi connectivity index (χ2v) is 9.92. The van der Waals surface area contributed by atoms with Gasteiger partial charge >= 0.3 is 6.09 Å². The lowest BCUT2D eigenvalue weighted by Gasteiger charge is -2.29. The number of benzene rings is 1. The molecule has 3 heterocycles. The fourth-order valence-electron chi connectivity index (χ4n) is 3.51. The molecule has 3 aromatic rings. The van der Waals surface area contributed by atoms with Crippen LogP contribution >= 0.6 is 11.3 Å². The number of thiazole rings is 1. The Kier molecular flexibility index (Phi) is 6.33. The van der Waals surface area contributed by atoms with Crippen LogP contribution in [0, 0.1) is 0 Å². The van der Waals surface area contributed by atoms with Gasteiger partial charge in [-0.1, -0.05) is 41.7 Å². The molecule has 0 radical (unpaired) electrons. The van der Waals surface area contributed by atoms with Crippen LogP contribution < -0.4 is 10.9 Å².